The molecule has 1 unspecified atom stereocenters. The van der Waals surface area contributed by atoms with Gasteiger partial charge in [0.05, 0.1) is 6.10 Å². The first-order chi connectivity index (χ1) is 5.16. The van der Waals surface area contributed by atoms with Gasteiger partial charge >= 0.3 is 0 Å². The monoisotopic (exact) mass is 159 g/mol. The third-order valence-electron chi connectivity index (χ3n) is 1.44. The molecule has 1 N–H and O–H groups in total. The van der Waals surface area contributed by atoms with Crippen LogP contribution in [0.5, 0.6) is 0 Å². The van der Waals surface area contributed by atoms with Gasteiger partial charge in [0.25, 0.3) is 0 Å². The van der Waals surface area contributed by atoms with Crippen LogP contribution in [-0.4, -0.2) is 18.9 Å². The number of hydrogen-bond acceptors (Lipinski definition) is 2. The predicted molar refractivity (Wildman–Crippen MR) is 48.6 cm³/mol. The van der Waals surface area contributed by atoms with Gasteiger partial charge in [-0.1, -0.05) is 13.3 Å². The van der Waals surface area contributed by atoms with Gasteiger partial charge < -0.3 is 4.74 Å². The summed E-state index contributed by atoms with van der Waals surface area (Å²) in [5.74, 6) is 0. The van der Waals surface area contributed by atoms with Crippen molar-refractivity contribution in [1.29, 1.82) is 0 Å². The van der Waals surface area contributed by atoms with Crippen molar-refractivity contribution >= 4 is 0 Å². The van der Waals surface area contributed by atoms with E-state index in [-0.39, 0.29) is 6.23 Å². The summed E-state index contributed by atoms with van der Waals surface area (Å²) in [5.41, 5.74) is 0. The largest absolute Gasteiger partial charge is 0.361 e. The summed E-state index contributed by atoms with van der Waals surface area (Å²) in [5, 5.41) is 3.29. The van der Waals surface area contributed by atoms with Gasteiger partial charge in [-0.2, -0.15) is 0 Å². The van der Waals surface area contributed by atoms with Crippen molar-refractivity contribution in [2.75, 3.05) is 6.54 Å². The zero-order chi connectivity index (χ0) is 8.69. The van der Waals surface area contributed by atoms with E-state index in [1.807, 2.05) is 0 Å². The molecule has 0 bridgehead atoms. The maximum atomic E-state index is 5.49. The molecule has 0 aromatic carbocycles. The molecule has 11 heavy (non-hydrogen) atoms. The molecule has 0 aliphatic rings. The Morgan fingerprint density at radius 2 is 1.91 bits per heavy atom. The smallest absolute Gasteiger partial charge is 0.105 e. The van der Waals surface area contributed by atoms with Crippen molar-refractivity contribution < 1.29 is 4.74 Å². The molecule has 0 saturated carbocycles. The SMILES string of the molecule is CCCCNC(C)OC(C)C. The average Bonchev–Trinajstić information content (AvgIpc) is 1.86. The summed E-state index contributed by atoms with van der Waals surface area (Å²) in [7, 11) is 0. The van der Waals surface area contributed by atoms with Crippen LogP contribution < -0.4 is 5.32 Å². The fraction of sp³-hybridized carbons (Fsp3) is 1.00. The van der Waals surface area contributed by atoms with Gasteiger partial charge in [-0.05, 0) is 33.7 Å². The second kappa shape index (κ2) is 6.62. The second-order valence-corrected chi connectivity index (χ2v) is 3.13. The van der Waals surface area contributed by atoms with Gasteiger partial charge in [-0.25, -0.2) is 0 Å². The van der Waals surface area contributed by atoms with E-state index in [4.69, 9.17) is 4.74 Å². The Morgan fingerprint density at radius 1 is 1.27 bits per heavy atom. The summed E-state index contributed by atoms with van der Waals surface area (Å²) < 4.78 is 5.49. The van der Waals surface area contributed by atoms with Crippen LogP contribution in [0.3, 0.4) is 0 Å². The lowest BCUT2D eigenvalue weighted by Crippen LogP contribution is -2.31. The van der Waals surface area contributed by atoms with Crippen molar-refractivity contribution in [2.45, 2.75) is 52.9 Å². The lowest BCUT2D eigenvalue weighted by molar-refractivity contribution is -0.000402. The highest BCUT2D eigenvalue weighted by atomic mass is 16.5. The van der Waals surface area contributed by atoms with E-state index in [9.17, 15) is 0 Å². The van der Waals surface area contributed by atoms with E-state index < -0.39 is 0 Å². The lowest BCUT2D eigenvalue weighted by Gasteiger charge is -2.16. The third-order valence-corrected chi connectivity index (χ3v) is 1.44. The molecule has 0 saturated heterocycles. The number of nitrogens with one attached hydrogen (secondary N) is 1. The topological polar surface area (TPSA) is 21.3 Å². The Kier molecular flexibility index (Phi) is 6.57. The van der Waals surface area contributed by atoms with Crippen LogP contribution in [0.4, 0.5) is 0 Å². The number of hydrogen-bond donors (Lipinski definition) is 1. The molecule has 0 aliphatic heterocycles. The molecule has 0 aromatic heterocycles. The summed E-state index contributed by atoms with van der Waals surface area (Å²) in [6.45, 7) is 9.41. The van der Waals surface area contributed by atoms with Crippen LogP contribution in [0.15, 0.2) is 0 Å². The van der Waals surface area contributed by atoms with Crippen LogP contribution in [0.1, 0.15) is 40.5 Å². The molecule has 0 aliphatic carbocycles. The van der Waals surface area contributed by atoms with Crippen LogP contribution in [-0.2, 0) is 4.74 Å². The van der Waals surface area contributed by atoms with E-state index in [1.165, 1.54) is 12.8 Å². The van der Waals surface area contributed by atoms with Crippen molar-refractivity contribution in [1.82, 2.24) is 5.32 Å². The highest BCUT2D eigenvalue weighted by Gasteiger charge is 2.01. The molecular weight excluding hydrogens is 138 g/mol. The Hall–Kier alpha value is -0.0800. The maximum absolute atomic E-state index is 5.49. The van der Waals surface area contributed by atoms with Crippen molar-refractivity contribution in [2.24, 2.45) is 0 Å². The van der Waals surface area contributed by atoms with Crippen LogP contribution in [0, 0.1) is 0 Å². The quantitative estimate of drug-likeness (QED) is 0.473. The fourth-order valence-electron chi connectivity index (χ4n) is 0.938. The van der Waals surface area contributed by atoms with Crippen LogP contribution in [0.25, 0.3) is 0 Å². The zero-order valence-corrected chi connectivity index (χ0v) is 8.18. The Balaban J connectivity index is 3.15. The van der Waals surface area contributed by atoms with Gasteiger partial charge in [-0.3, -0.25) is 5.32 Å². The minimum atomic E-state index is 0.196. The van der Waals surface area contributed by atoms with E-state index >= 15 is 0 Å². The minimum absolute atomic E-state index is 0.196. The molecule has 68 valence electrons. The summed E-state index contributed by atoms with van der Waals surface area (Å²) >= 11 is 0. The molecule has 0 radical (unpaired) electrons. The molecule has 0 rings (SSSR count). The van der Waals surface area contributed by atoms with Gasteiger partial charge in [0.15, 0.2) is 0 Å². The normalized spacial score (nSPS) is 13.9. The molecule has 0 heterocycles. The molecule has 2 nitrogen and oxygen atoms in total. The molecular formula is C9H21NO. The average molecular weight is 159 g/mol. The lowest BCUT2D eigenvalue weighted by atomic mass is 10.3. The van der Waals surface area contributed by atoms with Crippen molar-refractivity contribution in [3.63, 3.8) is 0 Å². The molecule has 0 spiro atoms. The number of ether oxygens (including phenoxy) is 1. The summed E-state index contributed by atoms with van der Waals surface area (Å²) in [6, 6.07) is 0. The summed E-state index contributed by atoms with van der Waals surface area (Å²) in [6.07, 6.45) is 2.98. The van der Waals surface area contributed by atoms with Gasteiger partial charge in [0, 0.05) is 0 Å². The molecule has 0 aromatic rings. The van der Waals surface area contributed by atoms with Crippen molar-refractivity contribution in [3.8, 4) is 0 Å². The standard InChI is InChI=1S/C9H21NO/c1-5-6-7-10-9(4)11-8(2)3/h8-10H,5-7H2,1-4H3. The minimum Gasteiger partial charge on any atom is -0.361 e. The highest BCUT2D eigenvalue weighted by Crippen LogP contribution is 1.93. The first-order valence-corrected chi connectivity index (χ1v) is 4.55. The Morgan fingerprint density at radius 3 is 2.36 bits per heavy atom. The van der Waals surface area contributed by atoms with Gasteiger partial charge in [0.2, 0.25) is 0 Å². The molecule has 0 fully saturated rings. The number of unbranched alkanes of at least 4 members (excludes halogenated alkanes) is 1. The fourth-order valence-corrected chi connectivity index (χ4v) is 0.938. The predicted octanol–water partition coefficient (Wildman–Crippen LogP) is 2.15. The first kappa shape index (κ1) is 10.9. The van der Waals surface area contributed by atoms with Crippen molar-refractivity contribution in [3.05, 3.63) is 0 Å². The van der Waals surface area contributed by atoms with Gasteiger partial charge in [0.1, 0.15) is 6.23 Å². The Labute approximate surface area is 70.3 Å². The number of rotatable bonds is 6. The molecule has 0 amide bonds. The van der Waals surface area contributed by atoms with E-state index in [1.54, 1.807) is 0 Å². The Bertz CT molecular complexity index is 83.6. The molecule has 1 atom stereocenters. The maximum Gasteiger partial charge on any atom is 0.105 e. The summed E-state index contributed by atoms with van der Waals surface area (Å²) in [4.78, 5) is 0. The first-order valence-electron chi connectivity index (χ1n) is 4.55. The third kappa shape index (κ3) is 7.82. The van der Waals surface area contributed by atoms with Crippen LogP contribution in [0.2, 0.25) is 0 Å². The second-order valence-electron chi connectivity index (χ2n) is 3.13. The van der Waals surface area contributed by atoms with E-state index in [2.05, 4.69) is 33.0 Å². The van der Waals surface area contributed by atoms with Gasteiger partial charge in [-0.15, -0.1) is 0 Å². The molecule has 2 heteroatoms. The highest BCUT2D eigenvalue weighted by molar-refractivity contribution is 4.50. The van der Waals surface area contributed by atoms with E-state index in [0.29, 0.717) is 6.10 Å². The van der Waals surface area contributed by atoms with Crippen LogP contribution >= 0.6 is 0 Å². The zero-order valence-electron chi connectivity index (χ0n) is 8.18. The van der Waals surface area contributed by atoms with E-state index in [0.717, 1.165) is 6.54 Å².